The number of halogens is 5. The summed E-state index contributed by atoms with van der Waals surface area (Å²) in [7, 11) is 0. The third-order valence-electron chi connectivity index (χ3n) is 4.78. The molecule has 2 saturated heterocycles. The van der Waals surface area contributed by atoms with Gasteiger partial charge in [0.25, 0.3) is 5.91 Å². The van der Waals surface area contributed by atoms with Crippen molar-refractivity contribution in [2.45, 2.75) is 19.0 Å². The topological polar surface area (TPSA) is 32.3 Å². The molecule has 8 heteroatoms. The van der Waals surface area contributed by atoms with Gasteiger partial charge >= 0.3 is 6.18 Å². The Kier molecular flexibility index (Phi) is 5.75. The third kappa shape index (κ3) is 4.00. The van der Waals surface area contributed by atoms with Crippen molar-refractivity contribution in [3.05, 3.63) is 35.1 Å². The number of nitrogens with zero attached hydrogens (tertiary/aromatic N) is 1. The highest BCUT2D eigenvalue weighted by atomic mass is 35.5. The van der Waals surface area contributed by atoms with Gasteiger partial charge in [0.15, 0.2) is 0 Å². The number of hydrogen-bond donors (Lipinski definition) is 1. The highest BCUT2D eigenvalue weighted by Gasteiger charge is 2.34. The highest BCUT2D eigenvalue weighted by Crippen LogP contribution is 2.31. The molecule has 3 nitrogen and oxygen atoms in total. The van der Waals surface area contributed by atoms with E-state index >= 15 is 0 Å². The average Bonchev–Trinajstić information content (AvgIpc) is 2.84. The summed E-state index contributed by atoms with van der Waals surface area (Å²) in [4.78, 5) is 14.0. The molecule has 1 aromatic rings. The van der Waals surface area contributed by atoms with E-state index in [1.165, 1.54) is 0 Å². The number of alkyl halides is 3. The Morgan fingerprint density at radius 2 is 1.67 bits per heavy atom. The van der Waals surface area contributed by atoms with Gasteiger partial charge in [-0.25, -0.2) is 4.39 Å². The van der Waals surface area contributed by atoms with Gasteiger partial charge in [-0.2, -0.15) is 13.2 Å². The summed E-state index contributed by atoms with van der Waals surface area (Å²) in [5.74, 6) is -0.556. The molecule has 2 atom stereocenters. The van der Waals surface area contributed by atoms with Gasteiger partial charge in [-0.15, -0.1) is 12.4 Å². The lowest BCUT2D eigenvalue weighted by molar-refractivity contribution is -0.137. The minimum atomic E-state index is -4.67. The predicted octanol–water partition coefficient (Wildman–Crippen LogP) is 3.34. The summed E-state index contributed by atoms with van der Waals surface area (Å²) in [6.45, 7) is 2.84. The molecule has 0 saturated carbocycles. The number of nitrogens with one attached hydrogen (secondary N) is 1. The lowest BCUT2D eigenvalue weighted by Gasteiger charge is -2.21. The Morgan fingerprint density at radius 3 is 2.21 bits per heavy atom. The highest BCUT2D eigenvalue weighted by molar-refractivity contribution is 5.94. The predicted molar refractivity (Wildman–Crippen MR) is 83.6 cm³/mol. The second-order valence-corrected chi connectivity index (χ2v) is 6.27. The van der Waals surface area contributed by atoms with Crippen LogP contribution in [0.4, 0.5) is 17.6 Å². The van der Waals surface area contributed by atoms with Crippen molar-refractivity contribution in [2.24, 2.45) is 11.8 Å². The molecule has 2 aliphatic heterocycles. The fraction of sp³-hybridized carbons (Fsp3) is 0.562. The van der Waals surface area contributed by atoms with Gasteiger partial charge in [0.1, 0.15) is 5.82 Å². The first-order valence-corrected chi connectivity index (χ1v) is 7.72. The Morgan fingerprint density at radius 1 is 1.08 bits per heavy atom. The monoisotopic (exact) mass is 366 g/mol. The first kappa shape index (κ1) is 19.0. The van der Waals surface area contributed by atoms with Crippen LogP contribution >= 0.6 is 12.4 Å². The fourth-order valence-electron chi connectivity index (χ4n) is 3.48. The average molecular weight is 367 g/mol. The van der Waals surface area contributed by atoms with E-state index in [9.17, 15) is 22.4 Å². The van der Waals surface area contributed by atoms with Gasteiger partial charge in [0.2, 0.25) is 0 Å². The van der Waals surface area contributed by atoms with Crippen LogP contribution < -0.4 is 5.32 Å². The van der Waals surface area contributed by atoms with Crippen LogP contribution in [0.5, 0.6) is 0 Å². The Hall–Kier alpha value is -1.34. The maximum absolute atomic E-state index is 13.5. The largest absolute Gasteiger partial charge is 0.416 e. The van der Waals surface area contributed by atoms with Gasteiger partial charge in [0, 0.05) is 18.7 Å². The first-order chi connectivity index (χ1) is 10.8. The Balaban J connectivity index is 0.00000208. The van der Waals surface area contributed by atoms with E-state index in [0.717, 1.165) is 38.1 Å². The summed E-state index contributed by atoms with van der Waals surface area (Å²) in [5.41, 5.74) is -1.36. The van der Waals surface area contributed by atoms with Crippen LogP contribution in [0.1, 0.15) is 28.8 Å². The van der Waals surface area contributed by atoms with Crippen LogP contribution in [-0.4, -0.2) is 37.0 Å². The molecule has 0 radical (unpaired) electrons. The Labute approximate surface area is 143 Å². The standard InChI is InChI=1S/C16H18F4N2O.ClH/c17-14-6-12(5-13(7-14)16(18,19)20)15(23)22-3-1-10-8-21-9-11(10)2-4-22;/h5-7,10-11,21H,1-4,8-9H2;1H/t10-,11+;. The van der Waals surface area contributed by atoms with E-state index < -0.39 is 23.5 Å². The first-order valence-electron chi connectivity index (χ1n) is 7.72. The zero-order valence-electron chi connectivity index (χ0n) is 12.9. The van der Waals surface area contributed by atoms with Crippen LogP contribution in [0.2, 0.25) is 0 Å². The van der Waals surface area contributed by atoms with Gasteiger partial charge in [-0.1, -0.05) is 0 Å². The zero-order chi connectivity index (χ0) is 16.6. The van der Waals surface area contributed by atoms with Crippen LogP contribution in [0, 0.1) is 17.7 Å². The van der Waals surface area contributed by atoms with Crippen molar-refractivity contribution in [3.63, 3.8) is 0 Å². The van der Waals surface area contributed by atoms with Crippen LogP contribution in [-0.2, 0) is 6.18 Å². The molecule has 1 N–H and O–H groups in total. The molecule has 0 aliphatic carbocycles. The zero-order valence-corrected chi connectivity index (χ0v) is 13.7. The second-order valence-electron chi connectivity index (χ2n) is 6.27. The second kappa shape index (κ2) is 7.27. The number of hydrogen-bond acceptors (Lipinski definition) is 2. The number of carbonyl (C=O) groups is 1. The normalized spacial score (nSPS) is 24.1. The third-order valence-corrected chi connectivity index (χ3v) is 4.78. The summed E-state index contributed by atoms with van der Waals surface area (Å²) in [6.07, 6.45) is -3.02. The molecular formula is C16H19ClF4N2O. The number of rotatable bonds is 1. The van der Waals surface area contributed by atoms with Crippen molar-refractivity contribution in [3.8, 4) is 0 Å². The van der Waals surface area contributed by atoms with Crippen LogP contribution in [0.3, 0.4) is 0 Å². The molecule has 0 unspecified atom stereocenters. The quantitative estimate of drug-likeness (QED) is 0.773. The van der Waals surface area contributed by atoms with Gasteiger partial charge in [-0.3, -0.25) is 4.79 Å². The van der Waals surface area contributed by atoms with E-state index in [1.807, 2.05) is 0 Å². The molecule has 1 amide bonds. The molecule has 3 rings (SSSR count). The molecule has 1 aromatic carbocycles. The van der Waals surface area contributed by atoms with E-state index in [1.54, 1.807) is 4.90 Å². The minimum absolute atomic E-state index is 0. The maximum Gasteiger partial charge on any atom is 0.416 e. The number of carbonyl (C=O) groups excluding carboxylic acids is 1. The molecular weight excluding hydrogens is 348 g/mol. The Bertz CT molecular complexity index is 594. The van der Waals surface area contributed by atoms with E-state index in [0.29, 0.717) is 31.0 Å². The molecule has 0 bridgehead atoms. The summed E-state index contributed by atoms with van der Waals surface area (Å²) in [6, 6.07) is 2.03. The maximum atomic E-state index is 13.5. The van der Waals surface area contributed by atoms with Gasteiger partial charge < -0.3 is 10.2 Å². The summed E-state index contributed by atoms with van der Waals surface area (Å²) in [5, 5.41) is 3.32. The van der Waals surface area contributed by atoms with Crippen LogP contribution in [0.15, 0.2) is 18.2 Å². The van der Waals surface area contributed by atoms with Crippen LogP contribution in [0.25, 0.3) is 0 Å². The lowest BCUT2D eigenvalue weighted by Crippen LogP contribution is -2.33. The van der Waals surface area contributed by atoms with Crippen molar-refractivity contribution in [1.29, 1.82) is 0 Å². The summed E-state index contributed by atoms with van der Waals surface area (Å²) >= 11 is 0. The van der Waals surface area contributed by atoms with Crippen molar-refractivity contribution >= 4 is 18.3 Å². The van der Waals surface area contributed by atoms with Crippen molar-refractivity contribution in [2.75, 3.05) is 26.2 Å². The molecule has 2 fully saturated rings. The smallest absolute Gasteiger partial charge is 0.339 e. The van der Waals surface area contributed by atoms with E-state index in [2.05, 4.69) is 5.32 Å². The molecule has 0 spiro atoms. The fourth-order valence-corrected chi connectivity index (χ4v) is 3.48. The number of likely N-dealkylation sites (tertiary alicyclic amines) is 1. The van der Waals surface area contributed by atoms with Crippen molar-refractivity contribution < 1.29 is 22.4 Å². The summed E-state index contributed by atoms with van der Waals surface area (Å²) < 4.78 is 51.8. The molecule has 0 aromatic heterocycles. The number of amides is 1. The van der Waals surface area contributed by atoms with Crippen molar-refractivity contribution in [1.82, 2.24) is 10.2 Å². The molecule has 2 aliphatic rings. The number of fused-ring (bicyclic) bond motifs is 1. The minimum Gasteiger partial charge on any atom is -0.339 e. The molecule has 24 heavy (non-hydrogen) atoms. The van der Waals surface area contributed by atoms with E-state index in [4.69, 9.17) is 0 Å². The van der Waals surface area contributed by atoms with E-state index in [-0.39, 0.29) is 18.0 Å². The SMILES string of the molecule is Cl.O=C(c1cc(F)cc(C(F)(F)F)c1)N1CC[C@@H]2CNC[C@@H]2CC1. The molecule has 2 heterocycles. The van der Waals surface area contributed by atoms with Gasteiger partial charge in [-0.05, 0) is 56.0 Å². The lowest BCUT2D eigenvalue weighted by atomic mass is 9.92. The molecule has 134 valence electrons. The number of benzene rings is 1. The van der Waals surface area contributed by atoms with Gasteiger partial charge in [0.05, 0.1) is 5.56 Å².